The first-order valence-electron chi connectivity index (χ1n) is 8.18. The van der Waals surface area contributed by atoms with Crippen LogP contribution in [0.4, 0.5) is 5.82 Å². The van der Waals surface area contributed by atoms with Gasteiger partial charge < -0.3 is 14.6 Å². The van der Waals surface area contributed by atoms with Crippen LogP contribution >= 0.6 is 11.8 Å². The van der Waals surface area contributed by atoms with Crippen molar-refractivity contribution >= 4 is 28.7 Å². The Morgan fingerprint density at radius 3 is 2.54 bits per heavy atom. The van der Waals surface area contributed by atoms with Gasteiger partial charge in [0, 0.05) is 18.8 Å². The summed E-state index contributed by atoms with van der Waals surface area (Å²) < 4.78 is 5.19. The summed E-state index contributed by atoms with van der Waals surface area (Å²) in [6.45, 7) is 8.99. The SMILES string of the molecule is C=CCN(CC=C)c1nc(SCc2ccc(OC)cc2)nc2nc[nH]c12. The van der Waals surface area contributed by atoms with Crippen LogP contribution in [0, 0.1) is 0 Å². The summed E-state index contributed by atoms with van der Waals surface area (Å²) in [6, 6.07) is 7.99. The highest BCUT2D eigenvalue weighted by Gasteiger charge is 2.15. The molecule has 0 unspecified atom stereocenters. The molecule has 0 radical (unpaired) electrons. The number of thioether (sulfide) groups is 1. The average molecular weight is 367 g/mol. The number of H-pyrrole nitrogens is 1. The molecule has 1 aromatic carbocycles. The molecule has 1 N–H and O–H groups in total. The molecule has 0 fully saturated rings. The van der Waals surface area contributed by atoms with Crippen LogP contribution in [0.15, 0.2) is 61.1 Å². The Bertz CT molecular complexity index is 881. The number of fused-ring (bicyclic) bond motifs is 1. The number of benzene rings is 1. The Morgan fingerprint density at radius 2 is 1.88 bits per heavy atom. The van der Waals surface area contributed by atoms with Crippen LogP contribution < -0.4 is 9.64 Å². The highest BCUT2D eigenvalue weighted by atomic mass is 32.2. The summed E-state index contributed by atoms with van der Waals surface area (Å²) in [4.78, 5) is 18.8. The van der Waals surface area contributed by atoms with Crippen molar-refractivity contribution in [1.82, 2.24) is 19.9 Å². The zero-order chi connectivity index (χ0) is 18.4. The number of rotatable bonds is 9. The summed E-state index contributed by atoms with van der Waals surface area (Å²) in [5, 5.41) is 0.688. The number of nitrogens with zero attached hydrogens (tertiary/aromatic N) is 4. The molecule has 0 bridgehead atoms. The van der Waals surface area contributed by atoms with E-state index < -0.39 is 0 Å². The first-order valence-corrected chi connectivity index (χ1v) is 9.17. The monoisotopic (exact) mass is 367 g/mol. The molecule has 6 nitrogen and oxygen atoms in total. The topological polar surface area (TPSA) is 66.9 Å². The Kier molecular flexibility index (Phi) is 5.91. The van der Waals surface area contributed by atoms with Gasteiger partial charge in [0.1, 0.15) is 11.3 Å². The lowest BCUT2D eigenvalue weighted by Gasteiger charge is -2.21. The molecule has 0 saturated carbocycles. The number of hydrogen-bond acceptors (Lipinski definition) is 6. The van der Waals surface area contributed by atoms with Crippen molar-refractivity contribution in [3.8, 4) is 5.75 Å². The first-order chi connectivity index (χ1) is 12.7. The Morgan fingerprint density at radius 1 is 1.15 bits per heavy atom. The smallest absolute Gasteiger partial charge is 0.192 e. The van der Waals surface area contributed by atoms with E-state index in [1.54, 1.807) is 25.2 Å². The third kappa shape index (κ3) is 4.05. The number of methoxy groups -OCH3 is 1. The van der Waals surface area contributed by atoms with Crippen LogP contribution in [-0.2, 0) is 5.75 Å². The number of nitrogens with one attached hydrogen (secondary N) is 1. The molecule has 0 aliphatic rings. The van der Waals surface area contributed by atoms with Crippen LogP contribution in [0.2, 0.25) is 0 Å². The molecule has 2 aromatic heterocycles. The van der Waals surface area contributed by atoms with Crippen molar-refractivity contribution in [3.05, 3.63) is 61.5 Å². The molecular formula is C19H21N5OS. The normalized spacial score (nSPS) is 10.7. The van der Waals surface area contributed by atoms with Gasteiger partial charge in [0.05, 0.1) is 13.4 Å². The van der Waals surface area contributed by atoms with Gasteiger partial charge in [-0.2, -0.15) is 0 Å². The predicted octanol–water partition coefficient (Wildman–Crippen LogP) is 3.83. The Balaban J connectivity index is 1.85. The summed E-state index contributed by atoms with van der Waals surface area (Å²) in [5.74, 6) is 2.42. The molecule has 0 spiro atoms. The van der Waals surface area contributed by atoms with Crippen LogP contribution in [-0.4, -0.2) is 40.1 Å². The molecule has 134 valence electrons. The van der Waals surface area contributed by atoms with Gasteiger partial charge in [0.15, 0.2) is 16.6 Å². The third-order valence-corrected chi connectivity index (χ3v) is 4.69. The molecule has 2 heterocycles. The minimum Gasteiger partial charge on any atom is -0.497 e. The lowest BCUT2D eigenvalue weighted by atomic mass is 10.2. The summed E-state index contributed by atoms with van der Waals surface area (Å²) in [5.41, 5.74) is 2.66. The second-order valence-corrected chi connectivity index (χ2v) is 6.49. The van der Waals surface area contributed by atoms with Gasteiger partial charge in [-0.25, -0.2) is 15.0 Å². The highest BCUT2D eigenvalue weighted by Crippen LogP contribution is 2.27. The summed E-state index contributed by atoms with van der Waals surface area (Å²) >= 11 is 1.58. The van der Waals surface area contributed by atoms with Gasteiger partial charge in [0.25, 0.3) is 0 Å². The Hall–Kier alpha value is -2.80. The molecule has 3 rings (SSSR count). The van der Waals surface area contributed by atoms with Crippen molar-refractivity contribution in [2.45, 2.75) is 10.9 Å². The molecule has 7 heteroatoms. The molecule has 26 heavy (non-hydrogen) atoms. The van der Waals surface area contributed by atoms with Crippen molar-refractivity contribution in [1.29, 1.82) is 0 Å². The van der Waals surface area contributed by atoms with Gasteiger partial charge in [-0.05, 0) is 17.7 Å². The molecule has 3 aromatic rings. The van der Waals surface area contributed by atoms with Crippen LogP contribution in [0.1, 0.15) is 5.56 Å². The fourth-order valence-corrected chi connectivity index (χ4v) is 3.31. The zero-order valence-corrected chi connectivity index (χ0v) is 15.5. The van der Waals surface area contributed by atoms with E-state index in [0.29, 0.717) is 23.9 Å². The van der Waals surface area contributed by atoms with Gasteiger partial charge in [-0.15, -0.1) is 13.2 Å². The van der Waals surface area contributed by atoms with Crippen molar-refractivity contribution in [2.24, 2.45) is 0 Å². The standard InChI is InChI=1S/C19H21N5OS/c1-4-10-24(11-5-2)18-16-17(21-13-20-16)22-19(23-18)26-12-14-6-8-15(25-3)9-7-14/h4-9,13H,1-2,10-12H2,3H3,(H,20,21,22,23). The minimum absolute atomic E-state index is 0.658. The molecule has 0 atom stereocenters. The largest absolute Gasteiger partial charge is 0.497 e. The second-order valence-electron chi connectivity index (χ2n) is 5.55. The first kappa shape index (κ1) is 18.0. The zero-order valence-electron chi connectivity index (χ0n) is 14.7. The van der Waals surface area contributed by atoms with E-state index in [4.69, 9.17) is 9.72 Å². The fourth-order valence-electron chi connectivity index (χ4n) is 2.52. The average Bonchev–Trinajstić information content (AvgIpc) is 3.14. The maximum absolute atomic E-state index is 5.19. The molecule has 0 aliphatic heterocycles. The lowest BCUT2D eigenvalue weighted by molar-refractivity contribution is 0.414. The van der Waals surface area contributed by atoms with E-state index in [1.807, 2.05) is 36.4 Å². The maximum atomic E-state index is 5.19. The number of ether oxygens (including phenoxy) is 1. The van der Waals surface area contributed by atoms with E-state index >= 15 is 0 Å². The quantitative estimate of drug-likeness (QED) is 0.352. The molecule has 0 amide bonds. The van der Waals surface area contributed by atoms with E-state index in [0.717, 1.165) is 22.8 Å². The minimum atomic E-state index is 0.658. The number of anilines is 1. The Labute approximate surface area is 157 Å². The predicted molar refractivity (Wildman–Crippen MR) is 107 cm³/mol. The number of aromatic amines is 1. The van der Waals surface area contributed by atoms with Crippen LogP contribution in [0.3, 0.4) is 0 Å². The van der Waals surface area contributed by atoms with E-state index in [2.05, 4.69) is 33.0 Å². The van der Waals surface area contributed by atoms with Gasteiger partial charge in [-0.3, -0.25) is 0 Å². The summed E-state index contributed by atoms with van der Waals surface area (Å²) in [6.07, 6.45) is 5.33. The number of aromatic nitrogens is 4. The fraction of sp³-hybridized carbons (Fsp3) is 0.211. The van der Waals surface area contributed by atoms with Crippen LogP contribution in [0.5, 0.6) is 5.75 Å². The number of hydrogen-bond donors (Lipinski definition) is 1. The van der Waals surface area contributed by atoms with Gasteiger partial charge >= 0.3 is 0 Å². The van der Waals surface area contributed by atoms with Crippen molar-refractivity contribution in [3.63, 3.8) is 0 Å². The molecular weight excluding hydrogens is 346 g/mol. The van der Waals surface area contributed by atoms with Gasteiger partial charge in [0.2, 0.25) is 0 Å². The van der Waals surface area contributed by atoms with Crippen molar-refractivity contribution < 1.29 is 4.74 Å². The van der Waals surface area contributed by atoms with E-state index in [-0.39, 0.29) is 0 Å². The van der Waals surface area contributed by atoms with Gasteiger partial charge in [-0.1, -0.05) is 36.0 Å². The van der Waals surface area contributed by atoms with Crippen LogP contribution in [0.25, 0.3) is 11.2 Å². The number of imidazole rings is 1. The third-order valence-electron chi connectivity index (χ3n) is 3.77. The highest BCUT2D eigenvalue weighted by molar-refractivity contribution is 7.98. The second kappa shape index (κ2) is 8.53. The van der Waals surface area contributed by atoms with E-state index in [1.165, 1.54) is 5.56 Å². The van der Waals surface area contributed by atoms with E-state index in [9.17, 15) is 0 Å². The molecule has 0 saturated heterocycles. The summed E-state index contributed by atoms with van der Waals surface area (Å²) in [7, 11) is 1.66. The lowest BCUT2D eigenvalue weighted by Crippen LogP contribution is -2.24. The molecule has 0 aliphatic carbocycles. The van der Waals surface area contributed by atoms with Crippen molar-refractivity contribution in [2.75, 3.05) is 25.1 Å². The maximum Gasteiger partial charge on any atom is 0.192 e.